The first-order valence-electron chi connectivity index (χ1n) is 23.1. The van der Waals surface area contributed by atoms with Gasteiger partial charge in [0.15, 0.2) is 0 Å². The number of hydrogen-bond donors (Lipinski definition) is 5. The number of nitrogens with zero attached hydrogens (tertiary/aromatic N) is 2. The number of fused-ring (bicyclic) bond motifs is 6. The Morgan fingerprint density at radius 2 is 1.17 bits per heavy atom. The zero-order valence-electron chi connectivity index (χ0n) is 39.2. The molecule has 12 nitrogen and oxygen atoms in total. The van der Waals surface area contributed by atoms with E-state index in [9.17, 15) is 39.9 Å². The molecule has 0 bridgehead atoms. The molecule has 0 aliphatic carbocycles. The van der Waals surface area contributed by atoms with Crippen LogP contribution < -0.4 is 9.47 Å². The van der Waals surface area contributed by atoms with Crippen molar-refractivity contribution in [3.8, 4) is 23.0 Å². The van der Waals surface area contributed by atoms with Crippen LogP contribution in [-0.2, 0) is 30.7 Å². The Kier molecular flexibility index (Phi) is 15.1. The molecule has 0 unspecified atom stereocenters. The van der Waals surface area contributed by atoms with Crippen molar-refractivity contribution in [2.24, 2.45) is 0 Å². The number of ether oxygens (including phenoxy) is 2. The highest BCUT2D eigenvalue weighted by molar-refractivity contribution is 6.02. The molecule has 64 heavy (non-hydrogen) atoms. The lowest BCUT2D eigenvalue weighted by Crippen LogP contribution is -2.49. The van der Waals surface area contributed by atoms with Crippen molar-refractivity contribution in [2.75, 3.05) is 6.54 Å². The van der Waals surface area contributed by atoms with E-state index in [0.717, 1.165) is 25.7 Å². The molecule has 0 aromatic heterocycles. The van der Waals surface area contributed by atoms with Gasteiger partial charge in [0, 0.05) is 41.6 Å². The number of aliphatic carboxylic acids is 1. The van der Waals surface area contributed by atoms with Crippen LogP contribution in [0.15, 0.2) is 58.7 Å². The second-order valence-electron chi connectivity index (χ2n) is 19.6. The first kappa shape index (κ1) is 48.4. The smallest absolute Gasteiger partial charge is 0.326 e. The first-order valence-corrected chi connectivity index (χ1v) is 23.1. The minimum Gasteiger partial charge on any atom is -0.508 e. The average molecular weight is 883 g/mol. The van der Waals surface area contributed by atoms with Crippen molar-refractivity contribution in [3.05, 3.63) is 92.1 Å². The number of aromatic hydroxyl groups is 2. The van der Waals surface area contributed by atoms with Crippen LogP contribution >= 0.6 is 0 Å². The van der Waals surface area contributed by atoms with E-state index in [1.54, 1.807) is 4.90 Å². The molecule has 5 atom stereocenters. The van der Waals surface area contributed by atoms with Gasteiger partial charge in [-0.3, -0.25) is 9.59 Å². The van der Waals surface area contributed by atoms with Gasteiger partial charge in [-0.1, -0.05) is 46.6 Å². The van der Waals surface area contributed by atoms with E-state index in [1.807, 2.05) is 13.8 Å². The monoisotopic (exact) mass is 883 g/mol. The van der Waals surface area contributed by atoms with Crippen LogP contribution in [0.1, 0.15) is 169 Å². The largest absolute Gasteiger partial charge is 0.508 e. The number of rotatable bonds is 19. The number of unbranched alkanes of at least 4 members (excludes halogenated alkanes) is 1. The van der Waals surface area contributed by atoms with Crippen LogP contribution in [0.3, 0.4) is 0 Å². The summed E-state index contributed by atoms with van der Waals surface area (Å²) >= 11 is 0. The van der Waals surface area contributed by atoms with Gasteiger partial charge in [0.2, 0.25) is 0 Å². The number of allylic oxidation sites excluding steroid dienone is 8. The molecule has 2 aromatic rings. The maximum absolute atomic E-state index is 13.9. The SMILES string of the molecule is CC(C)=CCC/C(C)=C/CC[C@@]1(C)Oc2c(c(O)cc3c2CN(CCCC[C@H](C(=O)O)N2Cc4c(cc(O)c5c4O[C@](C)(CC/C=C(\C)CCC=C(C)C)[C@H](O)C5)C2=O)C3=O)C[C@H]1O. The number of amides is 2. The fraction of sp³-hybridized carbons (Fsp3) is 0.558. The Bertz CT molecular complexity index is 2250. The third-order valence-corrected chi connectivity index (χ3v) is 13.8. The van der Waals surface area contributed by atoms with Crippen LogP contribution in [0.5, 0.6) is 23.0 Å². The lowest BCUT2D eigenvalue weighted by atomic mass is 9.84. The number of carbonyl (C=O) groups excluding carboxylic acids is 2. The fourth-order valence-electron chi connectivity index (χ4n) is 9.56. The van der Waals surface area contributed by atoms with E-state index in [1.165, 1.54) is 39.3 Å². The van der Waals surface area contributed by atoms with Crippen molar-refractivity contribution >= 4 is 17.8 Å². The normalized spacial score (nSPS) is 23.2. The Labute approximate surface area is 379 Å². The van der Waals surface area contributed by atoms with Crippen LogP contribution in [0, 0.1) is 0 Å². The van der Waals surface area contributed by atoms with Gasteiger partial charge in [-0.05, 0) is 138 Å². The maximum atomic E-state index is 13.9. The van der Waals surface area contributed by atoms with Gasteiger partial charge in [-0.2, -0.15) is 0 Å². The van der Waals surface area contributed by atoms with E-state index in [-0.39, 0.29) is 55.3 Å². The number of aliphatic hydroxyl groups excluding tert-OH is 2. The van der Waals surface area contributed by atoms with Gasteiger partial charge in [-0.25, -0.2) is 4.79 Å². The molecule has 2 aromatic carbocycles. The summed E-state index contributed by atoms with van der Waals surface area (Å²) in [6.07, 6.45) is 14.6. The summed E-state index contributed by atoms with van der Waals surface area (Å²) in [5, 5.41) is 54.9. The van der Waals surface area contributed by atoms with E-state index in [0.29, 0.717) is 84.4 Å². The lowest BCUT2D eigenvalue weighted by molar-refractivity contribution is -0.142. The minimum absolute atomic E-state index is 0.0163. The molecule has 6 rings (SSSR count). The predicted octanol–water partition coefficient (Wildman–Crippen LogP) is 9.39. The maximum Gasteiger partial charge on any atom is 0.326 e. The molecule has 4 aliphatic rings. The second-order valence-corrected chi connectivity index (χ2v) is 19.6. The van der Waals surface area contributed by atoms with Crippen molar-refractivity contribution < 1.29 is 49.4 Å². The van der Waals surface area contributed by atoms with Gasteiger partial charge < -0.3 is 44.8 Å². The summed E-state index contributed by atoms with van der Waals surface area (Å²) in [6.45, 7) is 16.8. The van der Waals surface area contributed by atoms with Crippen LogP contribution in [0.2, 0.25) is 0 Å². The molecule has 5 N–H and O–H groups in total. The van der Waals surface area contributed by atoms with Crippen LogP contribution in [0.25, 0.3) is 0 Å². The number of carbonyl (C=O) groups is 3. The zero-order valence-corrected chi connectivity index (χ0v) is 39.2. The third-order valence-electron chi connectivity index (χ3n) is 13.8. The number of aliphatic hydroxyl groups is 2. The highest BCUT2D eigenvalue weighted by Gasteiger charge is 2.47. The van der Waals surface area contributed by atoms with Crippen LogP contribution in [-0.4, -0.2) is 89.1 Å². The second kappa shape index (κ2) is 20.0. The predicted molar refractivity (Wildman–Crippen MR) is 247 cm³/mol. The Hall–Kier alpha value is -5.07. The summed E-state index contributed by atoms with van der Waals surface area (Å²) in [5.41, 5.74) is 5.79. The van der Waals surface area contributed by atoms with Crippen molar-refractivity contribution in [2.45, 2.75) is 181 Å². The molecular formula is C52H70N2O10. The minimum atomic E-state index is -1.17. The molecular weight excluding hydrogens is 813 g/mol. The average Bonchev–Trinajstić information content (AvgIpc) is 3.70. The van der Waals surface area contributed by atoms with Gasteiger partial charge in [0.05, 0.1) is 36.4 Å². The first-order chi connectivity index (χ1) is 30.2. The third kappa shape index (κ3) is 10.5. The molecule has 12 heteroatoms. The molecule has 0 spiro atoms. The summed E-state index contributed by atoms with van der Waals surface area (Å²) < 4.78 is 13.1. The number of carboxylic acids is 1. The summed E-state index contributed by atoms with van der Waals surface area (Å²) in [4.78, 5) is 43.3. The zero-order chi connectivity index (χ0) is 46.7. The fourth-order valence-corrected chi connectivity index (χ4v) is 9.56. The molecule has 0 fully saturated rings. The standard InChI is InChI=1S/C52H70N2O10/c1-31(2)15-11-17-33(5)19-13-22-51(7)44(57)27-37-42(55)25-35-39(46(37)63-51)29-53(48(35)59)24-10-9-21-41(50(61)62)54-30-40-36(49(54)60)26-43(56)38-28-45(58)52(8,64-47(38)40)23-14-20-34(6)18-12-16-32(3)4/h15-16,19-20,25-26,41,44-45,55-58H,9-14,17-18,21-24,27-30H2,1-8H3,(H,61,62)/b33-19+,34-20+/t41-,44-,45-,51-,52-/m1/s1. The van der Waals surface area contributed by atoms with Gasteiger partial charge >= 0.3 is 5.97 Å². The summed E-state index contributed by atoms with van der Waals surface area (Å²) in [5.74, 6) is -1.39. The molecule has 4 heterocycles. The number of hydrogen-bond acceptors (Lipinski definition) is 9. The molecule has 4 aliphatic heterocycles. The molecule has 2 amide bonds. The Morgan fingerprint density at radius 3 is 1.64 bits per heavy atom. The van der Waals surface area contributed by atoms with E-state index in [2.05, 4.69) is 65.8 Å². The quantitative estimate of drug-likeness (QED) is 0.0675. The van der Waals surface area contributed by atoms with Crippen molar-refractivity contribution in [3.63, 3.8) is 0 Å². The Balaban J connectivity index is 1.08. The van der Waals surface area contributed by atoms with Crippen LogP contribution in [0.4, 0.5) is 0 Å². The molecule has 348 valence electrons. The molecule has 0 saturated carbocycles. The number of carboxylic acid groups (broad SMARTS) is 1. The highest BCUT2D eigenvalue weighted by Crippen LogP contribution is 2.48. The lowest BCUT2D eigenvalue weighted by Gasteiger charge is -2.41. The summed E-state index contributed by atoms with van der Waals surface area (Å²) in [6, 6.07) is 1.65. The van der Waals surface area contributed by atoms with Gasteiger partial charge in [-0.15, -0.1) is 0 Å². The van der Waals surface area contributed by atoms with Gasteiger partial charge in [0.25, 0.3) is 11.8 Å². The highest BCUT2D eigenvalue weighted by atomic mass is 16.5. The number of phenols is 2. The van der Waals surface area contributed by atoms with Gasteiger partial charge in [0.1, 0.15) is 40.2 Å². The van der Waals surface area contributed by atoms with Crippen molar-refractivity contribution in [1.82, 2.24) is 9.80 Å². The topological polar surface area (TPSA) is 177 Å². The van der Waals surface area contributed by atoms with E-state index in [4.69, 9.17) is 9.47 Å². The van der Waals surface area contributed by atoms with E-state index >= 15 is 0 Å². The van der Waals surface area contributed by atoms with Crippen molar-refractivity contribution in [1.29, 1.82) is 0 Å². The molecule has 0 saturated heterocycles. The summed E-state index contributed by atoms with van der Waals surface area (Å²) in [7, 11) is 0. The Morgan fingerprint density at radius 1 is 0.703 bits per heavy atom. The number of benzene rings is 2. The number of phenolic OH excluding ortho intramolecular Hbond substituents is 2. The van der Waals surface area contributed by atoms with E-state index < -0.39 is 41.3 Å². The molecule has 0 radical (unpaired) electrons.